The summed E-state index contributed by atoms with van der Waals surface area (Å²) >= 11 is 0. The third-order valence-corrected chi connectivity index (χ3v) is 2.50. The fourth-order valence-electron chi connectivity index (χ4n) is 1.64. The largest absolute Gasteiger partial charge is 0.493 e. The van der Waals surface area contributed by atoms with Gasteiger partial charge in [0.1, 0.15) is 0 Å². The highest BCUT2D eigenvalue weighted by Gasteiger charge is 2.05. The summed E-state index contributed by atoms with van der Waals surface area (Å²) in [7, 11) is 1.63. The van der Waals surface area contributed by atoms with E-state index in [9.17, 15) is 0 Å². The van der Waals surface area contributed by atoms with Gasteiger partial charge in [0.05, 0.1) is 26.0 Å². The first-order valence-electron chi connectivity index (χ1n) is 5.86. The number of aromatic nitrogens is 2. The van der Waals surface area contributed by atoms with Gasteiger partial charge >= 0.3 is 0 Å². The second-order valence-corrected chi connectivity index (χ2v) is 3.73. The van der Waals surface area contributed by atoms with Gasteiger partial charge in [-0.2, -0.15) is 5.10 Å². The van der Waals surface area contributed by atoms with Crippen molar-refractivity contribution in [2.75, 3.05) is 19.0 Å². The van der Waals surface area contributed by atoms with Crippen LogP contribution < -0.4 is 14.8 Å². The molecular weight excluding hydrogens is 230 g/mol. The molecule has 0 radical (unpaired) electrons. The topological polar surface area (TPSA) is 59.2 Å². The standard InChI is InChI=1S/C13H17N3O2/c1-3-18-13-8-10(4-5-12(13)17-2)14-9-11-6-7-15-16-11/h4-8,14H,3,9H2,1-2H3,(H,15,16). The molecular formula is C13H17N3O2. The third kappa shape index (κ3) is 2.94. The van der Waals surface area contributed by atoms with Crippen molar-refractivity contribution < 1.29 is 9.47 Å². The van der Waals surface area contributed by atoms with Crippen molar-refractivity contribution in [3.63, 3.8) is 0 Å². The maximum atomic E-state index is 5.52. The summed E-state index contributed by atoms with van der Waals surface area (Å²) in [5.74, 6) is 1.48. The number of hydrogen-bond acceptors (Lipinski definition) is 4. The molecule has 0 bridgehead atoms. The fraction of sp³-hybridized carbons (Fsp3) is 0.308. The van der Waals surface area contributed by atoms with E-state index >= 15 is 0 Å². The van der Waals surface area contributed by atoms with Crippen LogP contribution in [0.3, 0.4) is 0 Å². The lowest BCUT2D eigenvalue weighted by Gasteiger charge is -2.12. The highest BCUT2D eigenvalue weighted by atomic mass is 16.5. The normalized spacial score (nSPS) is 10.1. The Morgan fingerprint density at radius 2 is 2.17 bits per heavy atom. The van der Waals surface area contributed by atoms with Gasteiger partial charge in [0.25, 0.3) is 0 Å². The van der Waals surface area contributed by atoms with E-state index < -0.39 is 0 Å². The minimum absolute atomic E-state index is 0.611. The van der Waals surface area contributed by atoms with Gasteiger partial charge in [0.15, 0.2) is 11.5 Å². The Balaban J connectivity index is 2.06. The van der Waals surface area contributed by atoms with Crippen molar-refractivity contribution in [2.45, 2.75) is 13.5 Å². The number of anilines is 1. The lowest BCUT2D eigenvalue weighted by Crippen LogP contribution is -2.01. The molecule has 0 fully saturated rings. The molecule has 1 aromatic heterocycles. The minimum Gasteiger partial charge on any atom is -0.493 e. The Hall–Kier alpha value is -2.17. The molecule has 2 rings (SSSR count). The summed E-state index contributed by atoms with van der Waals surface area (Å²) in [5, 5.41) is 10.1. The monoisotopic (exact) mass is 247 g/mol. The molecule has 0 saturated carbocycles. The number of benzene rings is 1. The third-order valence-electron chi connectivity index (χ3n) is 2.50. The maximum absolute atomic E-state index is 5.52. The zero-order valence-corrected chi connectivity index (χ0v) is 10.6. The van der Waals surface area contributed by atoms with E-state index in [-0.39, 0.29) is 0 Å². The van der Waals surface area contributed by atoms with E-state index in [1.807, 2.05) is 31.2 Å². The molecule has 96 valence electrons. The van der Waals surface area contributed by atoms with Crippen molar-refractivity contribution in [1.82, 2.24) is 10.2 Å². The van der Waals surface area contributed by atoms with Crippen LogP contribution in [0.2, 0.25) is 0 Å². The van der Waals surface area contributed by atoms with Crippen molar-refractivity contribution in [3.8, 4) is 11.5 Å². The van der Waals surface area contributed by atoms with E-state index in [1.165, 1.54) is 0 Å². The number of rotatable bonds is 6. The smallest absolute Gasteiger partial charge is 0.163 e. The van der Waals surface area contributed by atoms with Gasteiger partial charge < -0.3 is 14.8 Å². The molecule has 5 heteroatoms. The molecule has 0 atom stereocenters. The van der Waals surface area contributed by atoms with E-state index in [0.717, 1.165) is 22.9 Å². The van der Waals surface area contributed by atoms with Gasteiger partial charge in [-0.15, -0.1) is 0 Å². The van der Waals surface area contributed by atoms with Crippen LogP contribution in [0, 0.1) is 0 Å². The van der Waals surface area contributed by atoms with Gasteiger partial charge in [-0.05, 0) is 25.1 Å². The van der Waals surface area contributed by atoms with Crippen LogP contribution in [0.4, 0.5) is 5.69 Å². The zero-order chi connectivity index (χ0) is 12.8. The van der Waals surface area contributed by atoms with E-state index in [0.29, 0.717) is 13.2 Å². The summed E-state index contributed by atoms with van der Waals surface area (Å²) in [5.41, 5.74) is 2.01. The van der Waals surface area contributed by atoms with Gasteiger partial charge in [-0.1, -0.05) is 0 Å². The van der Waals surface area contributed by atoms with E-state index in [4.69, 9.17) is 9.47 Å². The molecule has 0 amide bonds. The van der Waals surface area contributed by atoms with E-state index in [1.54, 1.807) is 13.3 Å². The predicted octanol–water partition coefficient (Wildman–Crippen LogP) is 2.43. The molecule has 1 aromatic carbocycles. The highest BCUT2D eigenvalue weighted by Crippen LogP contribution is 2.30. The van der Waals surface area contributed by atoms with Gasteiger partial charge in [-0.3, -0.25) is 5.10 Å². The summed E-state index contributed by atoms with van der Waals surface area (Å²) < 4.78 is 10.8. The molecule has 0 saturated heterocycles. The number of methoxy groups -OCH3 is 1. The fourth-order valence-corrected chi connectivity index (χ4v) is 1.64. The Labute approximate surface area is 106 Å². The summed E-state index contributed by atoms with van der Waals surface area (Å²) in [6.07, 6.45) is 1.73. The van der Waals surface area contributed by atoms with Crippen LogP contribution in [-0.2, 0) is 6.54 Å². The zero-order valence-electron chi connectivity index (χ0n) is 10.6. The number of ether oxygens (including phenoxy) is 2. The van der Waals surface area contributed by atoms with Crippen LogP contribution in [0.15, 0.2) is 30.5 Å². The Morgan fingerprint density at radius 3 is 2.83 bits per heavy atom. The molecule has 1 heterocycles. The van der Waals surface area contributed by atoms with E-state index in [2.05, 4.69) is 15.5 Å². The minimum atomic E-state index is 0.611. The Kier molecular flexibility index (Phi) is 4.06. The maximum Gasteiger partial charge on any atom is 0.163 e. The van der Waals surface area contributed by atoms with Crippen LogP contribution in [0.1, 0.15) is 12.6 Å². The number of nitrogens with one attached hydrogen (secondary N) is 2. The second kappa shape index (κ2) is 5.95. The molecule has 2 N–H and O–H groups in total. The Bertz CT molecular complexity index is 483. The first kappa shape index (κ1) is 12.3. The second-order valence-electron chi connectivity index (χ2n) is 3.73. The molecule has 0 aliphatic carbocycles. The quantitative estimate of drug-likeness (QED) is 0.823. The number of H-pyrrole nitrogens is 1. The van der Waals surface area contributed by atoms with Crippen LogP contribution in [0.25, 0.3) is 0 Å². The number of aromatic amines is 1. The molecule has 2 aromatic rings. The Morgan fingerprint density at radius 1 is 1.28 bits per heavy atom. The number of nitrogens with zero attached hydrogens (tertiary/aromatic N) is 1. The van der Waals surface area contributed by atoms with Crippen molar-refractivity contribution in [1.29, 1.82) is 0 Å². The lowest BCUT2D eigenvalue weighted by molar-refractivity contribution is 0.311. The number of hydrogen-bond donors (Lipinski definition) is 2. The summed E-state index contributed by atoms with van der Waals surface area (Å²) in [6.45, 7) is 3.25. The average Bonchev–Trinajstić information content (AvgIpc) is 2.90. The molecule has 0 aliphatic heterocycles. The van der Waals surface area contributed by atoms with Crippen LogP contribution >= 0.6 is 0 Å². The average molecular weight is 247 g/mol. The first-order chi connectivity index (χ1) is 8.83. The molecule has 0 aliphatic rings. The van der Waals surface area contributed by atoms with Crippen LogP contribution in [0.5, 0.6) is 11.5 Å². The van der Waals surface area contributed by atoms with Crippen molar-refractivity contribution in [3.05, 3.63) is 36.2 Å². The lowest BCUT2D eigenvalue weighted by atomic mass is 10.2. The molecule has 0 spiro atoms. The summed E-state index contributed by atoms with van der Waals surface area (Å²) in [6, 6.07) is 7.71. The van der Waals surface area contributed by atoms with Gasteiger partial charge in [-0.25, -0.2) is 0 Å². The molecule has 0 unspecified atom stereocenters. The predicted molar refractivity (Wildman–Crippen MR) is 70.1 cm³/mol. The summed E-state index contributed by atoms with van der Waals surface area (Å²) in [4.78, 5) is 0. The molecule has 18 heavy (non-hydrogen) atoms. The van der Waals surface area contributed by atoms with Crippen LogP contribution in [-0.4, -0.2) is 23.9 Å². The van der Waals surface area contributed by atoms with Crippen molar-refractivity contribution in [2.24, 2.45) is 0 Å². The highest BCUT2D eigenvalue weighted by molar-refractivity contribution is 5.54. The van der Waals surface area contributed by atoms with Gasteiger partial charge in [0.2, 0.25) is 0 Å². The first-order valence-corrected chi connectivity index (χ1v) is 5.86. The van der Waals surface area contributed by atoms with Crippen molar-refractivity contribution >= 4 is 5.69 Å². The SMILES string of the molecule is CCOc1cc(NCc2ccn[nH]2)ccc1OC. The van der Waals surface area contributed by atoms with Gasteiger partial charge in [0, 0.05) is 18.0 Å². The molecule has 5 nitrogen and oxygen atoms in total.